The van der Waals surface area contributed by atoms with Gasteiger partial charge in [0.1, 0.15) is 0 Å². The number of nitriles is 1. The van der Waals surface area contributed by atoms with E-state index in [1.807, 2.05) is 24.3 Å². The van der Waals surface area contributed by atoms with E-state index in [0.717, 1.165) is 37.2 Å². The highest BCUT2D eigenvalue weighted by molar-refractivity contribution is 6.30. The Balaban J connectivity index is 1.62. The van der Waals surface area contributed by atoms with Gasteiger partial charge in [-0.05, 0) is 61.4 Å². The first-order valence-corrected chi connectivity index (χ1v) is 8.10. The molecule has 23 heavy (non-hydrogen) atoms. The summed E-state index contributed by atoms with van der Waals surface area (Å²) in [6.07, 6.45) is 1.70. The molecule has 1 aliphatic heterocycles. The van der Waals surface area contributed by atoms with Crippen LogP contribution >= 0.6 is 11.6 Å². The van der Waals surface area contributed by atoms with Gasteiger partial charge in [-0.25, -0.2) is 0 Å². The van der Waals surface area contributed by atoms with Gasteiger partial charge in [-0.2, -0.15) is 5.26 Å². The molecule has 0 radical (unpaired) electrons. The lowest BCUT2D eigenvalue weighted by molar-refractivity contribution is 0.0900. The summed E-state index contributed by atoms with van der Waals surface area (Å²) in [5, 5.41) is 9.50. The van der Waals surface area contributed by atoms with Gasteiger partial charge in [0.15, 0.2) is 5.78 Å². The number of nitrogens with zero attached hydrogens (tertiary/aromatic N) is 2. The number of piperidine rings is 1. The zero-order chi connectivity index (χ0) is 16.2. The summed E-state index contributed by atoms with van der Waals surface area (Å²) in [6, 6.07) is 16.9. The average Bonchev–Trinajstić information content (AvgIpc) is 2.62. The zero-order valence-corrected chi connectivity index (χ0v) is 13.5. The first-order chi connectivity index (χ1) is 11.2. The van der Waals surface area contributed by atoms with Crippen LogP contribution < -0.4 is 4.90 Å². The summed E-state index contributed by atoms with van der Waals surface area (Å²) < 4.78 is 0. The molecule has 116 valence electrons. The van der Waals surface area contributed by atoms with Crippen molar-refractivity contribution in [3.05, 3.63) is 64.7 Å². The van der Waals surface area contributed by atoms with E-state index >= 15 is 0 Å². The second-order valence-corrected chi connectivity index (χ2v) is 6.23. The SMILES string of the molecule is N#Cc1ccc(N2CCC(C(=O)c3ccc(Cl)cc3)CC2)cc1. The minimum atomic E-state index is 0.0748. The number of halogens is 1. The Kier molecular flexibility index (Phi) is 4.64. The molecule has 3 rings (SSSR count). The number of carbonyl (C=O) groups excluding carboxylic acids is 1. The van der Waals surface area contributed by atoms with E-state index in [4.69, 9.17) is 16.9 Å². The molecule has 0 amide bonds. The van der Waals surface area contributed by atoms with Gasteiger partial charge in [-0.1, -0.05) is 11.6 Å². The standard InChI is InChI=1S/C19H17ClN2O/c20-17-5-3-15(4-6-17)19(23)16-9-11-22(12-10-16)18-7-1-14(13-21)2-8-18/h1-8,16H,9-12H2. The third kappa shape index (κ3) is 3.55. The molecule has 2 aromatic carbocycles. The van der Waals surface area contributed by atoms with Gasteiger partial charge in [0, 0.05) is 35.3 Å². The van der Waals surface area contributed by atoms with E-state index in [1.165, 1.54) is 0 Å². The van der Waals surface area contributed by atoms with E-state index < -0.39 is 0 Å². The molecule has 0 unspecified atom stereocenters. The molecular weight excluding hydrogens is 308 g/mol. The smallest absolute Gasteiger partial charge is 0.166 e. The molecule has 0 spiro atoms. The average molecular weight is 325 g/mol. The zero-order valence-electron chi connectivity index (χ0n) is 12.7. The fraction of sp³-hybridized carbons (Fsp3) is 0.263. The van der Waals surface area contributed by atoms with Crippen molar-refractivity contribution in [2.24, 2.45) is 5.92 Å². The number of carbonyl (C=O) groups is 1. The van der Waals surface area contributed by atoms with Crippen LogP contribution in [0.25, 0.3) is 0 Å². The van der Waals surface area contributed by atoms with Crippen molar-refractivity contribution >= 4 is 23.1 Å². The van der Waals surface area contributed by atoms with Gasteiger partial charge in [0.25, 0.3) is 0 Å². The molecule has 1 fully saturated rings. The van der Waals surface area contributed by atoms with Crippen LogP contribution in [0, 0.1) is 17.2 Å². The van der Waals surface area contributed by atoms with Crippen molar-refractivity contribution in [2.45, 2.75) is 12.8 Å². The van der Waals surface area contributed by atoms with Crippen LogP contribution in [-0.2, 0) is 0 Å². The molecule has 1 aliphatic rings. The minimum Gasteiger partial charge on any atom is -0.371 e. The number of Topliss-reactive ketones (excluding diaryl/α,β-unsaturated/α-hetero) is 1. The fourth-order valence-corrected chi connectivity index (χ4v) is 3.12. The number of hydrogen-bond acceptors (Lipinski definition) is 3. The predicted octanol–water partition coefficient (Wildman–Crippen LogP) is 4.31. The lowest BCUT2D eigenvalue weighted by atomic mass is 9.88. The van der Waals surface area contributed by atoms with Crippen molar-refractivity contribution < 1.29 is 4.79 Å². The van der Waals surface area contributed by atoms with Crippen LogP contribution in [0.4, 0.5) is 5.69 Å². The van der Waals surface area contributed by atoms with Gasteiger partial charge in [0.2, 0.25) is 0 Å². The maximum absolute atomic E-state index is 12.5. The van der Waals surface area contributed by atoms with Crippen molar-refractivity contribution in [1.82, 2.24) is 0 Å². The maximum atomic E-state index is 12.5. The van der Waals surface area contributed by atoms with Crippen LogP contribution in [0.1, 0.15) is 28.8 Å². The molecule has 3 nitrogen and oxygen atoms in total. The second-order valence-electron chi connectivity index (χ2n) is 5.79. The first kappa shape index (κ1) is 15.6. The third-order valence-electron chi connectivity index (χ3n) is 4.36. The van der Waals surface area contributed by atoms with E-state index in [0.29, 0.717) is 10.6 Å². The Morgan fingerprint density at radius 3 is 2.22 bits per heavy atom. The second kappa shape index (κ2) is 6.85. The molecular formula is C19H17ClN2O. The van der Waals surface area contributed by atoms with Crippen LogP contribution in [-0.4, -0.2) is 18.9 Å². The highest BCUT2D eigenvalue weighted by Crippen LogP contribution is 2.26. The molecule has 0 bridgehead atoms. The van der Waals surface area contributed by atoms with Crippen LogP contribution in [0.3, 0.4) is 0 Å². The Hall–Kier alpha value is -2.31. The summed E-state index contributed by atoms with van der Waals surface area (Å²) >= 11 is 5.87. The summed E-state index contributed by atoms with van der Waals surface area (Å²) in [4.78, 5) is 14.8. The van der Waals surface area contributed by atoms with Crippen molar-refractivity contribution in [2.75, 3.05) is 18.0 Å². The lowest BCUT2D eigenvalue weighted by Gasteiger charge is -2.33. The quantitative estimate of drug-likeness (QED) is 0.790. The maximum Gasteiger partial charge on any atom is 0.166 e. The van der Waals surface area contributed by atoms with Gasteiger partial charge >= 0.3 is 0 Å². The highest BCUT2D eigenvalue weighted by atomic mass is 35.5. The first-order valence-electron chi connectivity index (χ1n) is 7.72. The number of ketones is 1. The Morgan fingerprint density at radius 1 is 1.04 bits per heavy atom. The van der Waals surface area contributed by atoms with E-state index in [2.05, 4.69) is 11.0 Å². The van der Waals surface area contributed by atoms with Crippen molar-refractivity contribution in [1.29, 1.82) is 5.26 Å². The van der Waals surface area contributed by atoms with E-state index in [1.54, 1.807) is 24.3 Å². The third-order valence-corrected chi connectivity index (χ3v) is 4.61. The molecule has 0 aliphatic carbocycles. The van der Waals surface area contributed by atoms with E-state index in [-0.39, 0.29) is 11.7 Å². The van der Waals surface area contributed by atoms with Crippen molar-refractivity contribution in [3.63, 3.8) is 0 Å². The largest absolute Gasteiger partial charge is 0.371 e. The molecule has 0 aromatic heterocycles. The van der Waals surface area contributed by atoms with Gasteiger partial charge in [-0.3, -0.25) is 4.79 Å². The Labute approximate surface area is 141 Å². The molecule has 4 heteroatoms. The van der Waals surface area contributed by atoms with Crippen LogP contribution in [0.5, 0.6) is 0 Å². The van der Waals surface area contributed by atoms with Gasteiger partial charge in [0.05, 0.1) is 11.6 Å². The molecule has 1 heterocycles. The van der Waals surface area contributed by atoms with Crippen LogP contribution in [0.2, 0.25) is 5.02 Å². The molecule has 2 aromatic rings. The van der Waals surface area contributed by atoms with E-state index in [9.17, 15) is 4.79 Å². The molecule has 0 atom stereocenters. The molecule has 0 N–H and O–H groups in total. The number of rotatable bonds is 3. The molecule has 1 saturated heterocycles. The Morgan fingerprint density at radius 2 is 1.65 bits per heavy atom. The number of anilines is 1. The van der Waals surface area contributed by atoms with Crippen LogP contribution in [0.15, 0.2) is 48.5 Å². The summed E-state index contributed by atoms with van der Waals surface area (Å²) in [6.45, 7) is 1.71. The minimum absolute atomic E-state index is 0.0748. The number of hydrogen-bond donors (Lipinski definition) is 0. The van der Waals surface area contributed by atoms with Gasteiger partial charge in [-0.15, -0.1) is 0 Å². The summed E-state index contributed by atoms with van der Waals surface area (Å²) in [5.74, 6) is 0.284. The fourth-order valence-electron chi connectivity index (χ4n) is 3.00. The monoisotopic (exact) mass is 324 g/mol. The highest BCUT2D eigenvalue weighted by Gasteiger charge is 2.25. The molecule has 0 saturated carbocycles. The predicted molar refractivity (Wildman–Crippen MR) is 91.9 cm³/mol. The normalized spacial score (nSPS) is 15.2. The topological polar surface area (TPSA) is 44.1 Å². The number of benzene rings is 2. The lowest BCUT2D eigenvalue weighted by Crippen LogP contribution is -2.36. The Bertz CT molecular complexity index is 723. The van der Waals surface area contributed by atoms with Crippen molar-refractivity contribution in [3.8, 4) is 6.07 Å². The summed E-state index contributed by atoms with van der Waals surface area (Å²) in [5.41, 5.74) is 2.52. The summed E-state index contributed by atoms with van der Waals surface area (Å²) in [7, 11) is 0. The van der Waals surface area contributed by atoms with Gasteiger partial charge < -0.3 is 4.90 Å².